The Morgan fingerprint density at radius 1 is 1.17 bits per heavy atom. The summed E-state index contributed by atoms with van der Waals surface area (Å²) in [6, 6.07) is 8.91. The molecule has 0 radical (unpaired) electrons. The van der Waals surface area contributed by atoms with Crippen molar-refractivity contribution in [3.63, 3.8) is 0 Å². The molecule has 0 saturated carbocycles. The van der Waals surface area contributed by atoms with Gasteiger partial charge < -0.3 is 10.4 Å². The van der Waals surface area contributed by atoms with E-state index in [-0.39, 0.29) is 36.3 Å². The van der Waals surface area contributed by atoms with Gasteiger partial charge >= 0.3 is 5.97 Å². The highest BCUT2D eigenvalue weighted by atomic mass is 35.5. The molecule has 1 aromatic carbocycles. The Labute approximate surface area is 181 Å². The van der Waals surface area contributed by atoms with Gasteiger partial charge in [0.15, 0.2) is 0 Å². The summed E-state index contributed by atoms with van der Waals surface area (Å²) in [6.07, 6.45) is 2.63. The zero-order valence-electron chi connectivity index (χ0n) is 18.1. The molecule has 7 heteroatoms. The quantitative estimate of drug-likeness (QED) is 0.669. The number of likely N-dealkylation sites (N-methyl/N-ethyl adjacent to an activating group) is 1. The number of carboxylic acids is 1. The molecule has 1 fully saturated rings. The van der Waals surface area contributed by atoms with E-state index in [1.807, 2.05) is 11.9 Å². The number of halogens is 1. The smallest absolute Gasteiger partial charge is 0.317 e. The zero-order chi connectivity index (χ0) is 20.7. The van der Waals surface area contributed by atoms with E-state index in [0.29, 0.717) is 13.1 Å². The van der Waals surface area contributed by atoms with Crippen molar-refractivity contribution < 1.29 is 14.7 Å². The number of nitrogens with one attached hydrogen (secondary N) is 1. The first kappa shape index (κ1) is 25.4. The zero-order valence-corrected chi connectivity index (χ0v) is 18.9. The van der Waals surface area contributed by atoms with Gasteiger partial charge in [-0.05, 0) is 42.9 Å². The van der Waals surface area contributed by atoms with Crippen LogP contribution in [0.5, 0.6) is 0 Å². The monoisotopic (exact) mass is 425 g/mol. The van der Waals surface area contributed by atoms with E-state index in [1.165, 1.54) is 11.1 Å². The molecule has 29 heavy (non-hydrogen) atoms. The molecule has 0 bridgehead atoms. The number of hydrogen-bond donors (Lipinski definition) is 2. The SMILES string of the molecule is CN(CC(=O)O)C1CCN(CC(=O)NCCc2ccc(C(C)(C)C)cc2)CC1.Cl. The van der Waals surface area contributed by atoms with Crippen LogP contribution in [0.3, 0.4) is 0 Å². The molecule has 0 unspecified atom stereocenters. The molecule has 0 aliphatic carbocycles. The third-order valence-electron chi connectivity index (χ3n) is 5.49. The van der Waals surface area contributed by atoms with Crippen LogP contribution in [0.25, 0.3) is 0 Å². The van der Waals surface area contributed by atoms with Crippen molar-refractivity contribution in [3.8, 4) is 0 Å². The summed E-state index contributed by atoms with van der Waals surface area (Å²) in [6.45, 7) is 9.40. The van der Waals surface area contributed by atoms with Crippen LogP contribution in [-0.2, 0) is 21.4 Å². The minimum absolute atomic E-state index is 0. The molecule has 1 heterocycles. The second-order valence-electron chi connectivity index (χ2n) is 8.86. The summed E-state index contributed by atoms with van der Waals surface area (Å²) in [5, 5.41) is 11.9. The first-order valence-corrected chi connectivity index (χ1v) is 10.2. The first-order chi connectivity index (χ1) is 13.1. The lowest BCUT2D eigenvalue weighted by Crippen LogP contribution is -2.47. The Hall–Kier alpha value is -1.63. The third-order valence-corrected chi connectivity index (χ3v) is 5.49. The number of amides is 1. The summed E-state index contributed by atoms with van der Waals surface area (Å²) in [4.78, 5) is 27.1. The van der Waals surface area contributed by atoms with Crippen molar-refractivity contribution >= 4 is 24.3 Å². The van der Waals surface area contributed by atoms with E-state index >= 15 is 0 Å². The summed E-state index contributed by atoms with van der Waals surface area (Å²) >= 11 is 0. The highest BCUT2D eigenvalue weighted by Gasteiger charge is 2.24. The Kier molecular flexibility index (Phi) is 10.1. The average molecular weight is 426 g/mol. The van der Waals surface area contributed by atoms with Crippen molar-refractivity contribution in [3.05, 3.63) is 35.4 Å². The van der Waals surface area contributed by atoms with Crippen LogP contribution in [-0.4, -0.2) is 72.6 Å². The lowest BCUT2D eigenvalue weighted by molar-refractivity contribution is -0.138. The molecule has 1 amide bonds. The number of likely N-dealkylation sites (tertiary alicyclic amines) is 1. The minimum Gasteiger partial charge on any atom is -0.480 e. The van der Waals surface area contributed by atoms with Gasteiger partial charge in [-0.25, -0.2) is 0 Å². The summed E-state index contributed by atoms with van der Waals surface area (Å²) < 4.78 is 0. The van der Waals surface area contributed by atoms with Crippen molar-refractivity contribution in [2.45, 2.75) is 51.5 Å². The maximum atomic E-state index is 12.2. The highest BCUT2D eigenvalue weighted by molar-refractivity contribution is 5.85. The molecular weight excluding hydrogens is 390 g/mol. The van der Waals surface area contributed by atoms with E-state index in [2.05, 4.69) is 55.3 Å². The van der Waals surface area contributed by atoms with E-state index < -0.39 is 5.97 Å². The molecule has 2 N–H and O–H groups in total. The van der Waals surface area contributed by atoms with Crippen molar-refractivity contribution in [2.75, 3.05) is 39.8 Å². The lowest BCUT2D eigenvalue weighted by Gasteiger charge is -2.35. The van der Waals surface area contributed by atoms with Crippen LogP contribution in [0.4, 0.5) is 0 Å². The van der Waals surface area contributed by atoms with E-state index in [1.54, 1.807) is 0 Å². The molecule has 0 aromatic heterocycles. The standard InChI is InChI=1S/C22H35N3O3.ClH/c1-22(2,3)18-7-5-17(6-8-18)9-12-23-20(26)15-25-13-10-19(11-14-25)24(4)16-21(27)28;/h5-8,19H,9-16H2,1-4H3,(H,23,26)(H,27,28);1H. The Morgan fingerprint density at radius 3 is 2.28 bits per heavy atom. The fraction of sp³-hybridized carbons (Fsp3) is 0.636. The minimum atomic E-state index is -0.794. The maximum Gasteiger partial charge on any atom is 0.317 e. The lowest BCUT2D eigenvalue weighted by atomic mass is 9.86. The fourth-order valence-corrected chi connectivity index (χ4v) is 3.64. The van der Waals surface area contributed by atoms with Gasteiger partial charge in [-0.1, -0.05) is 45.0 Å². The van der Waals surface area contributed by atoms with Gasteiger partial charge in [0.1, 0.15) is 0 Å². The molecule has 1 aliphatic rings. The van der Waals surface area contributed by atoms with E-state index in [4.69, 9.17) is 5.11 Å². The number of carboxylic acid groups (broad SMARTS) is 1. The molecule has 164 valence electrons. The van der Waals surface area contributed by atoms with Gasteiger partial charge in [-0.2, -0.15) is 0 Å². The number of hydrogen-bond acceptors (Lipinski definition) is 4. The van der Waals surface area contributed by atoms with Crippen molar-refractivity contribution in [1.29, 1.82) is 0 Å². The largest absolute Gasteiger partial charge is 0.480 e. The van der Waals surface area contributed by atoms with E-state index in [9.17, 15) is 9.59 Å². The molecule has 1 aliphatic heterocycles. The van der Waals surface area contributed by atoms with Gasteiger partial charge in [0.25, 0.3) is 0 Å². The van der Waals surface area contributed by atoms with Gasteiger partial charge in [-0.3, -0.25) is 19.4 Å². The van der Waals surface area contributed by atoms with Crippen LogP contribution >= 0.6 is 12.4 Å². The third kappa shape index (κ3) is 8.72. The van der Waals surface area contributed by atoms with Crippen LogP contribution in [0.15, 0.2) is 24.3 Å². The Balaban J connectivity index is 0.00000420. The second-order valence-corrected chi connectivity index (χ2v) is 8.86. The summed E-state index contributed by atoms with van der Waals surface area (Å²) in [7, 11) is 1.86. The van der Waals surface area contributed by atoms with Crippen LogP contribution in [0, 0.1) is 0 Å². The average Bonchev–Trinajstić information content (AvgIpc) is 2.61. The molecular formula is C22H36ClN3O3. The number of nitrogens with zero attached hydrogens (tertiary/aromatic N) is 2. The normalized spacial score (nSPS) is 15.8. The fourth-order valence-electron chi connectivity index (χ4n) is 3.64. The molecule has 2 rings (SSSR count). The van der Waals surface area contributed by atoms with Crippen molar-refractivity contribution in [1.82, 2.24) is 15.1 Å². The summed E-state index contributed by atoms with van der Waals surface area (Å²) in [5.41, 5.74) is 2.70. The predicted molar refractivity (Wildman–Crippen MR) is 119 cm³/mol. The molecule has 0 atom stereocenters. The maximum absolute atomic E-state index is 12.2. The second kappa shape index (κ2) is 11.5. The van der Waals surface area contributed by atoms with Crippen LogP contribution in [0.2, 0.25) is 0 Å². The molecule has 1 aromatic rings. The molecule has 0 spiro atoms. The van der Waals surface area contributed by atoms with E-state index in [0.717, 1.165) is 32.4 Å². The topological polar surface area (TPSA) is 72.9 Å². The van der Waals surface area contributed by atoms with Crippen LogP contribution in [0.1, 0.15) is 44.7 Å². The number of carbonyl (C=O) groups is 2. The number of aliphatic carboxylic acids is 1. The van der Waals surface area contributed by atoms with Gasteiger partial charge in [-0.15, -0.1) is 12.4 Å². The predicted octanol–water partition coefficient (Wildman–Crippen LogP) is 2.55. The van der Waals surface area contributed by atoms with Crippen molar-refractivity contribution in [2.24, 2.45) is 0 Å². The molecule has 6 nitrogen and oxygen atoms in total. The molecule has 1 saturated heterocycles. The Bertz CT molecular complexity index is 650. The first-order valence-electron chi connectivity index (χ1n) is 10.2. The van der Waals surface area contributed by atoms with Gasteiger partial charge in [0, 0.05) is 25.7 Å². The number of benzene rings is 1. The number of rotatable bonds is 8. The highest BCUT2D eigenvalue weighted by Crippen LogP contribution is 2.22. The number of piperidine rings is 1. The van der Waals surface area contributed by atoms with Crippen LogP contribution < -0.4 is 5.32 Å². The summed E-state index contributed by atoms with van der Waals surface area (Å²) in [5.74, 6) is -0.735. The number of carbonyl (C=O) groups excluding carboxylic acids is 1. The Morgan fingerprint density at radius 2 is 1.76 bits per heavy atom. The van der Waals surface area contributed by atoms with Gasteiger partial charge in [0.2, 0.25) is 5.91 Å². The van der Waals surface area contributed by atoms with Gasteiger partial charge in [0.05, 0.1) is 13.1 Å².